The van der Waals surface area contributed by atoms with Gasteiger partial charge in [-0.15, -0.1) is 13.2 Å². The molecule has 0 atom stereocenters. The molecule has 3 rings (SSSR count). The average Bonchev–Trinajstić information content (AvgIpc) is 2.70. The van der Waals surface area contributed by atoms with E-state index in [0.29, 0.717) is 11.1 Å². The molecule has 30 heavy (non-hydrogen) atoms. The molecule has 0 bridgehead atoms. The number of alkyl halides is 3. The second-order valence-electron chi connectivity index (χ2n) is 5.83. The largest absolute Gasteiger partial charge is 0.573 e. The number of hydrogen-bond acceptors (Lipinski definition) is 3. The maximum Gasteiger partial charge on any atom is 0.573 e. The number of benzene rings is 3. The van der Waals surface area contributed by atoms with E-state index in [9.17, 15) is 30.7 Å². The standard InChI is InChI=1S/C20H8F7NOS/c21-15-14(16(22)18(24)19(17(15)23)28-9-30)12-3-1-10(2-4-12)11-5-7-13(8-6-11)29-20(25,26)27/h1-8H. The Labute approximate surface area is 170 Å². The first-order chi connectivity index (χ1) is 14.1. The van der Waals surface area contributed by atoms with Gasteiger partial charge in [-0.05, 0) is 41.0 Å². The van der Waals surface area contributed by atoms with Crippen molar-refractivity contribution >= 4 is 23.1 Å². The molecule has 0 radical (unpaired) electrons. The van der Waals surface area contributed by atoms with Crippen LogP contribution in [0.4, 0.5) is 36.4 Å². The van der Waals surface area contributed by atoms with E-state index in [1.807, 2.05) is 0 Å². The van der Waals surface area contributed by atoms with Crippen molar-refractivity contribution in [3.63, 3.8) is 0 Å². The number of isothiocyanates is 1. The van der Waals surface area contributed by atoms with Gasteiger partial charge in [-0.1, -0.05) is 36.4 Å². The lowest BCUT2D eigenvalue weighted by atomic mass is 9.99. The van der Waals surface area contributed by atoms with Gasteiger partial charge in [0.05, 0.1) is 10.7 Å². The van der Waals surface area contributed by atoms with Crippen LogP contribution < -0.4 is 4.74 Å². The Morgan fingerprint density at radius 2 is 1.13 bits per heavy atom. The highest BCUT2D eigenvalue weighted by Crippen LogP contribution is 2.36. The first kappa shape index (κ1) is 21.5. The summed E-state index contributed by atoms with van der Waals surface area (Å²) in [5.74, 6) is -7.16. The summed E-state index contributed by atoms with van der Waals surface area (Å²) in [4.78, 5) is 3.00. The molecule has 0 heterocycles. The lowest BCUT2D eigenvalue weighted by molar-refractivity contribution is -0.274. The number of ether oxygens (including phenoxy) is 1. The van der Waals surface area contributed by atoms with Crippen molar-refractivity contribution in [2.75, 3.05) is 0 Å². The minimum atomic E-state index is -4.83. The molecule has 0 amide bonds. The number of nitrogens with zero attached hydrogens (tertiary/aromatic N) is 1. The first-order valence-electron chi connectivity index (χ1n) is 8.03. The van der Waals surface area contributed by atoms with Crippen molar-refractivity contribution in [1.29, 1.82) is 0 Å². The Hall–Kier alpha value is -3.23. The molecule has 0 aliphatic heterocycles. The Morgan fingerprint density at radius 1 is 0.700 bits per heavy atom. The van der Waals surface area contributed by atoms with E-state index in [1.165, 1.54) is 36.4 Å². The second kappa shape index (κ2) is 8.25. The van der Waals surface area contributed by atoms with Crippen molar-refractivity contribution in [3.8, 4) is 28.0 Å². The van der Waals surface area contributed by atoms with Gasteiger partial charge in [0.2, 0.25) is 0 Å². The van der Waals surface area contributed by atoms with Crippen LogP contribution in [-0.4, -0.2) is 11.5 Å². The summed E-state index contributed by atoms with van der Waals surface area (Å²) in [5.41, 5.74) is -1.38. The summed E-state index contributed by atoms with van der Waals surface area (Å²) in [5, 5.41) is 1.65. The Kier molecular flexibility index (Phi) is 5.91. The normalized spacial score (nSPS) is 11.2. The van der Waals surface area contributed by atoms with Gasteiger partial charge < -0.3 is 4.74 Å². The molecular formula is C20H8F7NOS. The van der Waals surface area contributed by atoms with Gasteiger partial charge in [0.1, 0.15) is 5.75 Å². The molecule has 0 spiro atoms. The smallest absolute Gasteiger partial charge is 0.406 e. The maximum atomic E-state index is 14.3. The molecule has 0 N–H and O–H groups in total. The number of thiocarbonyl (C=S) groups is 1. The summed E-state index contributed by atoms with van der Waals surface area (Å²) in [6, 6.07) is 10.0. The Balaban J connectivity index is 1.96. The third kappa shape index (κ3) is 4.34. The lowest BCUT2D eigenvalue weighted by Gasteiger charge is -2.11. The van der Waals surface area contributed by atoms with E-state index >= 15 is 0 Å². The third-order valence-corrected chi connectivity index (χ3v) is 4.08. The summed E-state index contributed by atoms with van der Waals surface area (Å²) in [7, 11) is 0. The van der Waals surface area contributed by atoms with Crippen molar-refractivity contribution in [2.45, 2.75) is 6.36 Å². The molecular weight excluding hydrogens is 435 g/mol. The highest BCUT2D eigenvalue weighted by molar-refractivity contribution is 7.78. The van der Waals surface area contributed by atoms with E-state index in [2.05, 4.69) is 21.9 Å². The SMILES string of the molecule is Fc1c(F)c(-c2ccc(-c3ccc(OC(F)(F)F)cc3)cc2)c(F)c(F)c1N=C=S. The highest BCUT2D eigenvalue weighted by Gasteiger charge is 2.31. The molecule has 154 valence electrons. The molecule has 0 aliphatic rings. The molecule has 3 aromatic carbocycles. The van der Waals surface area contributed by atoms with Gasteiger partial charge in [-0.2, -0.15) is 4.99 Å². The molecule has 0 unspecified atom stereocenters. The number of halogens is 7. The molecule has 0 saturated carbocycles. The minimum absolute atomic E-state index is 0.165. The molecule has 0 fully saturated rings. The van der Waals surface area contributed by atoms with Gasteiger partial charge in [0.25, 0.3) is 0 Å². The van der Waals surface area contributed by atoms with Gasteiger partial charge in [0.15, 0.2) is 29.0 Å². The van der Waals surface area contributed by atoms with E-state index in [-0.39, 0.29) is 5.56 Å². The molecule has 0 saturated heterocycles. The van der Waals surface area contributed by atoms with Crippen molar-refractivity contribution in [2.24, 2.45) is 4.99 Å². The van der Waals surface area contributed by atoms with Crippen LogP contribution in [0.3, 0.4) is 0 Å². The van der Waals surface area contributed by atoms with Crippen LogP contribution in [0.15, 0.2) is 53.5 Å². The van der Waals surface area contributed by atoms with Crippen LogP contribution in [-0.2, 0) is 0 Å². The summed E-state index contributed by atoms with van der Waals surface area (Å²) >= 11 is 4.20. The van der Waals surface area contributed by atoms with Crippen LogP contribution in [0.2, 0.25) is 0 Å². The first-order valence-corrected chi connectivity index (χ1v) is 8.43. The molecule has 0 aliphatic carbocycles. The predicted octanol–water partition coefficient (Wildman–Crippen LogP) is 7.21. The highest BCUT2D eigenvalue weighted by atomic mass is 32.1. The van der Waals surface area contributed by atoms with Gasteiger partial charge in [0, 0.05) is 0 Å². The van der Waals surface area contributed by atoms with Gasteiger partial charge in [-0.3, -0.25) is 0 Å². The van der Waals surface area contributed by atoms with Gasteiger partial charge >= 0.3 is 6.36 Å². The summed E-state index contributed by atoms with van der Waals surface area (Å²) in [6.07, 6.45) is -4.83. The van der Waals surface area contributed by atoms with Gasteiger partial charge in [-0.25, -0.2) is 17.6 Å². The zero-order chi connectivity index (χ0) is 22.1. The Morgan fingerprint density at radius 3 is 1.57 bits per heavy atom. The van der Waals surface area contributed by atoms with Crippen molar-refractivity contribution in [1.82, 2.24) is 0 Å². The molecule has 2 nitrogen and oxygen atoms in total. The van der Waals surface area contributed by atoms with E-state index in [1.54, 1.807) is 5.16 Å². The van der Waals surface area contributed by atoms with E-state index in [0.717, 1.165) is 12.1 Å². The monoisotopic (exact) mass is 443 g/mol. The van der Waals surface area contributed by atoms with E-state index in [4.69, 9.17) is 0 Å². The topological polar surface area (TPSA) is 21.6 Å². The molecule has 0 aromatic heterocycles. The quantitative estimate of drug-likeness (QED) is 0.184. The third-order valence-electron chi connectivity index (χ3n) is 3.99. The molecule has 10 heteroatoms. The Bertz CT molecular complexity index is 1110. The van der Waals surface area contributed by atoms with Crippen molar-refractivity contribution < 1.29 is 35.5 Å². The van der Waals surface area contributed by atoms with Crippen molar-refractivity contribution in [3.05, 3.63) is 71.8 Å². The van der Waals surface area contributed by atoms with Crippen LogP contribution in [0.25, 0.3) is 22.3 Å². The predicted molar refractivity (Wildman–Crippen MR) is 98.5 cm³/mol. The zero-order valence-corrected chi connectivity index (χ0v) is 15.3. The summed E-state index contributed by atoms with van der Waals surface area (Å²) < 4.78 is 97.1. The number of aliphatic imine (C=N–C) groups is 1. The second-order valence-corrected chi connectivity index (χ2v) is 6.01. The fourth-order valence-corrected chi connectivity index (χ4v) is 2.79. The number of hydrogen-bond donors (Lipinski definition) is 0. The fraction of sp³-hybridized carbons (Fsp3) is 0.0500. The lowest BCUT2D eigenvalue weighted by Crippen LogP contribution is -2.16. The van der Waals surface area contributed by atoms with E-state index < -0.39 is 46.6 Å². The van der Waals surface area contributed by atoms with Crippen LogP contribution >= 0.6 is 12.2 Å². The fourth-order valence-electron chi connectivity index (χ4n) is 2.70. The van der Waals surface area contributed by atoms with Crippen LogP contribution in [0, 0.1) is 23.3 Å². The summed E-state index contributed by atoms with van der Waals surface area (Å²) in [6.45, 7) is 0. The average molecular weight is 443 g/mol. The van der Waals surface area contributed by atoms with Crippen LogP contribution in [0.1, 0.15) is 0 Å². The van der Waals surface area contributed by atoms with Crippen LogP contribution in [0.5, 0.6) is 5.75 Å². The maximum absolute atomic E-state index is 14.3. The number of rotatable bonds is 4. The molecule has 3 aromatic rings. The minimum Gasteiger partial charge on any atom is -0.406 e. The zero-order valence-electron chi connectivity index (χ0n) is 14.5.